The standard InChI is InChI=1S/C21H39/c1-3-5-7-9-11-13-15-17-19-21-20-18-16-14-12-10-8-6-4-2/h3,7,18,20H,1,4-6,8-17,19,21H2,2H3/b20-18-. The molecule has 0 amide bonds. The van der Waals surface area contributed by atoms with Gasteiger partial charge >= 0.3 is 0 Å². The van der Waals surface area contributed by atoms with Gasteiger partial charge in [0, 0.05) is 0 Å². The van der Waals surface area contributed by atoms with Gasteiger partial charge in [0.25, 0.3) is 0 Å². The Hall–Kier alpha value is -0.520. The molecular weight excluding hydrogens is 252 g/mol. The van der Waals surface area contributed by atoms with E-state index in [1.54, 1.807) is 0 Å². The van der Waals surface area contributed by atoms with E-state index in [1.807, 2.05) is 6.08 Å². The largest absolute Gasteiger partial charge is 0.103 e. The quantitative estimate of drug-likeness (QED) is 0.189. The molecular formula is C21H39. The number of unbranched alkanes of at least 4 members (excludes halogenated alkanes) is 14. The Morgan fingerprint density at radius 2 is 1.10 bits per heavy atom. The van der Waals surface area contributed by atoms with E-state index in [2.05, 4.69) is 32.1 Å². The maximum Gasteiger partial charge on any atom is -0.0322 e. The first-order chi connectivity index (χ1) is 10.4. The summed E-state index contributed by atoms with van der Waals surface area (Å²) in [5.74, 6) is 0. The van der Waals surface area contributed by atoms with Crippen LogP contribution in [-0.4, -0.2) is 0 Å². The van der Waals surface area contributed by atoms with Gasteiger partial charge in [0.1, 0.15) is 0 Å². The van der Waals surface area contributed by atoms with Crippen LogP contribution in [-0.2, 0) is 0 Å². The van der Waals surface area contributed by atoms with Gasteiger partial charge < -0.3 is 0 Å². The molecule has 0 bridgehead atoms. The molecule has 0 aliphatic heterocycles. The van der Waals surface area contributed by atoms with E-state index >= 15 is 0 Å². The van der Waals surface area contributed by atoms with E-state index in [1.165, 1.54) is 89.9 Å². The van der Waals surface area contributed by atoms with Crippen molar-refractivity contribution in [3.05, 3.63) is 31.2 Å². The van der Waals surface area contributed by atoms with Crippen molar-refractivity contribution in [1.82, 2.24) is 0 Å². The number of rotatable bonds is 17. The van der Waals surface area contributed by atoms with E-state index in [9.17, 15) is 0 Å². The third kappa shape index (κ3) is 19.5. The van der Waals surface area contributed by atoms with Crippen molar-refractivity contribution in [2.75, 3.05) is 0 Å². The van der Waals surface area contributed by atoms with Crippen LogP contribution in [0, 0.1) is 6.42 Å². The first-order valence-electron chi connectivity index (χ1n) is 9.49. The van der Waals surface area contributed by atoms with Crippen molar-refractivity contribution < 1.29 is 0 Å². The highest BCUT2D eigenvalue weighted by atomic mass is 14.0. The van der Waals surface area contributed by atoms with Crippen LogP contribution in [0.3, 0.4) is 0 Å². The van der Waals surface area contributed by atoms with E-state index in [4.69, 9.17) is 0 Å². The van der Waals surface area contributed by atoms with Gasteiger partial charge in [-0.25, -0.2) is 0 Å². The molecule has 0 heterocycles. The Bertz CT molecular complexity index is 214. The van der Waals surface area contributed by atoms with Gasteiger partial charge in [0.05, 0.1) is 0 Å². The molecule has 0 saturated carbocycles. The number of hydrogen-bond acceptors (Lipinski definition) is 0. The third-order valence-electron chi connectivity index (χ3n) is 4.00. The van der Waals surface area contributed by atoms with Crippen LogP contribution >= 0.6 is 0 Å². The Morgan fingerprint density at radius 3 is 1.62 bits per heavy atom. The summed E-state index contributed by atoms with van der Waals surface area (Å²) in [6.45, 7) is 6.02. The molecule has 0 spiro atoms. The summed E-state index contributed by atoms with van der Waals surface area (Å²) in [4.78, 5) is 0. The SMILES string of the molecule is C=CC[CH]CCCCCCC/C=C\CCCCCCCC. The number of allylic oxidation sites excluding steroid dienone is 3. The molecule has 1 radical (unpaired) electrons. The van der Waals surface area contributed by atoms with Crippen molar-refractivity contribution in [3.63, 3.8) is 0 Å². The van der Waals surface area contributed by atoms with Gasteiger partial charge in [0.2, 0.25) is 0 Å². The summed E-state index contributed by atoms with van der Waals surface area (Å²) < 4.78 is 0. The summed E-state index contributed by atoms with van der Waals surface area (Å²) in [5, 5.41) is 0. The van der Waals surface area contributed by atoms with Crippen molar-refractivity contribution in [2.45, 2.75) is 103 Å². The molecule has 0 fully saturated rings. The average molecular weight is 292 g/mol. The average Bonchev–Trinajstić information content (AvgIpc) is 2.50. The van der Waals surface area contributed by atoms with E-state index < -0.39 is 0 Å². The summed E-state index contributed by atoms with van der Waals surface area (Å²) in [6, 6.07) is 0. The van der Waals surface area contributed by atoms with Crippen molar-refractivity contribution in [1.29, 1.82) is 0 Å². The number of hydrogen-bond donors (Lipinski definition) is 0. The van der Waals surface area contributed by atoms with Crippen LogP contribution < -0.4 is 0 Å². The Morgan fingerprint density at radius 1 is 0.619 bits per heavy atom. The predicted molar refractivity (Wildman–Crippen MR) is 98.6 cm³/mol. The zero-order chi connectivity index (χ0) is 15.4. The summed E-state index contributed by atoms with van der Waals surface area (Å²) in [6.07, 6.45) is 29.5. The smallest absolute Gasteiger partial charge is 0.0322 e. The van der Waals surface area contributed by atoms with Gasteiger partial charge in [-0.1, -0.05) is 82.9 Å². The monoisotopic (exact) mass is 291 g/mol. The van der Waals surface area contributed by atoms with E-state index in [0.717, 1.165) is 6.42 Å². The lowest BCUT2D eigenvalue weighted by atomic mass is 10.1. The summed E-state index contributed by atoms with van der Waals surface area (Å²) in [7, 11) is 0. The fourth-order valence-electron chi connectivity index (χ4n) is 2.60. The minimum atomic E-state index is 1.07. The van der Waals surface area contributed by atoms with Crippen LogP contribution in [0.25, 0.3) is 0 Å². The zero-order valence-corrected chi connectivity index (χ0v) is 14.6. The minimum absolute atomic E-state index is 1.07. The molecule has 21 heavy (non-hydrogen) atoms. The highest BCUT2D eigenvalue weighted by Crippen LogP contribution is 2.10. The highest BCUT2D eigenvalue weighted by molar-refractivity contribution is 4.81. The Balaban J connectivity index is 3.03. The maximum absolute atomic E-state index is 3.73. The second-order valence-electron chi connectivity index (χ2n) is 6.19. The predicted octanol–water partition coefficient (Wildman–Crippen LogP) is 7.80. The second kappa shape index (κ2) is 19.5. The molecule has 0 aromatic carbocycles. The van der Waals surface area contributed by atoms with Crippen molar-refractivity contribution in [2.24, 2.45) is 0 Å². The molecule has 0 atom stereocenters. The Kier molecular flexibility index (Phi) is 19.0. The normalized spacial score (nSPS) is 11.3. The van der Waals surface area contributed by atoms with Gasteiger partial charge in [-0.05, 0) is 44.9 Å². The summed E-state index contributed by atoms with van der Waals surface area (Å²) in [5.41, 5.74) is 0. The molecule has 123 valence electrons. The van der Waals surface area contributed by atoms with E-state index in [0.29, 0.717) is 0 Å². The lowest BCUT2D eigenvalue weighted by Crippen LogP contribution is -1.81. The van der Waals surface area contributed by atoms with E-state index in [-0.39, 0.29) is 0 Å². The molecule has 0 rings (SSSR count). The fourth-order valence-corrected chi connectivity index (χ4v) is 2.60. The third-order valence-corrected chi connectivity index (χ3v) is 4.00. The highest BCUT2D eigenvalue weighted by Gasteiger charge is 1.91. The molecule has 0 aliphatic rings. The molecule has 0 aromatic rings. The molecule has 0 N–H and O–H groups in total. The fraction of sp³-hybridized carbons (Fsp3) is 0.762. The van der Waals surface area contributed by atoms with Crippen LogP contribution in [0.15, 0.2) is 24.8 Å². The second-order valence-corrected chi connectivity index (χ2v) is 6.19. The van der Waals surface area contributed by atoms with Gasteiger partial charge in [-0.2, -0.15) is 0 Å². The lowest BCUT2D eigenvalue weighted by molar-refractivity contribution is 0.607. The van der Waals surface area contributed by atoms with Gasteiger partial charge in [-0.15, -0.1) is 6.58 Å². The minimum Gasteiger partial charge on any atom is -0.103 e. The van der Waals surface area contributed by atoms with Crippen LogP contribution in [0.1, 0.15) is 103 Å². The first kappa shape index (κ1) is 20.5. The maximum atomic E-state index is 3.73. The van der Waals surface area contributed by atoms with Crippen LogP contribution in [0.2, 0.25) is 0 Å². The Labute approximate surface area is 135 Å². The molecule has 0 aromatic heterocycles. The van der Waals surface area contributed by atoms with Crippen LogP contribution in [0.5, 0.6) is 0 Å². The topological polar surface area (TPSA) is 0 Å². The van der Waals surface area contributed by atoms with Crippen molar-refractivity contribution in [3.8, 4) is 0 Å². The van der Waals surface area contributed by atoms with Gasteiger partial charge in [0.15, 0.2) is 0 Å². The molecule has 0 unspecified atom stereocenters. The molecule has 0 aliphatic carbocycles. The summed E-state index contributed by atoms with van der Waals surface area (Å²) >= 11 is 0. The molecule has 0 nitrogen and oxygen atoms in total. The van der Waals surface area contributed by atoms with Crippen molar-refractivity contribution >= 4 is 0 Å². The zero-order valence-electron chi connectivity index (χ0n) is 14.6. The van der Waals surface area contributed by atoms with Crippen LogP contribution in [0.4, 0.5) is 0 Å². The molecule has 0 saturated heterocycles. The first-order valence-corrected chi connectivity index (χ1v) is 9.49. The van der Waals surface area contributed by atoms with Gasteiger partial charge in [-0.3, -0.25) is 0 Å². The lowest BCUT2D eigenvalue weighted by Gasteiger charge is -2.00. The molecule has 0 heteroatoms.